The van der Waals surface area contributed by atoms with E-state index in [2.05, 4.69) is 0 Å². The molecule has 4 aliphatic heterocycles. The molecule has 0 bridgehead atoms. The summed E-state index contributed by atoms with van der Waals surface area (Å²) >= 11 is 0. The maximum atomic E-state index is 14.9. The van der Waals surface area contributed by atoms with Gasteiger partial charge in [-0.2, -0.15) is 0 Å². The normalized spacial score (nSPS) is 41.5. The zero-order valence-electron chi connectivity index (χ0n) is 39.6. The molecule has 1 aliphatic carbocycles. The van der Waals surface area contributed by atoms with Crippen LogP contribution in [0.3, 0.4) is 0 Å². The topological polar surface area (TPSA) is 320 Å². The van der Waals surface area contributed by atoms with E-state index in [1.54, 1.807) is 27.7 Å². The molecule has 4 fully saturated rings. The average Bonchev–Trinajstić information content (AvgIpc) is 3.25. The minimum atomic E-state index is -1.93. The van der Waals surface area contributed by atoms with Crippen LogP contribution in [0.25, 0.3) is 10.8 Å². The number of carbonyl (C=O) groups is 2. The largest absolute Gasteiger partial charge is 0.507 e. The Labute approximate surface area is 393 Å². The number of aliphatic hydroxyl groups is 8. The van der Waals surface area contributed by atoms with Gasteiger partial charge in [0.2, 0.25) is 6.29 Å². The van der Waals surface area contributed by atoms with Crippen LogP contribution in [0.5, 0.6) is 17.2 Å². The van der Waals surface area contributed by atoms with Gasteiger partial charge in [0.15, 0.2) is 30.4 Å². The molecule has 4 heterocycles. The molecular formula is C47H68O21. The van der Waals surface area contributed by atoms with Crippen LogP contribution in [0.1, 0.15) is 95.6 Å². The Morgan fingerprint density at radius 3 is 1.78 bits per heavy atom. The lowest BCUT2D eigenvalue weighted by Gasteiger charge is -2.46. The van der Waals surface area contributed by atoms with Crippen molar-refractivity contribution >= 4 is 22.3 Å². The highest BCUT2D eigenvalue weighted by Gasteiger charge is 2.51. The predicted octanol–water partition coefficient (Wildman–Crippen LogP) is 0.260. The minimum Gasteiger partial charge on any atom is -0.507 e. The first-order valence-electron chi connectivity index (χ1n) is 23.1. The van der Waals surface area contributed by atoms with E-state index in [0.717, 1.165) is 0 Å². The molecule has 0 amide bonds. The second-order valence-electron chi connectivity index (χ2n) is 19.8. The van der Waals surface area contributed by atoms with Gasteiger partial charge in [-0.05, 0) is 84.9 Å². The van der Waals surface area contributed by atoms with Gasteiger partial charge in [0, 0.05) is 44.3 Å². The van der Waals surface area contributed by atoms with Gasteiger partial charge in [0.25, 0.3) is 0 Å². The molecule has 4 saturated heterocycles. The van der Waals surface area contributed by atoms with Crippen LogP contribution >= 0.6 is 0 Å². The molecule has 21 nitrogen and oxygen atoms in total. The van der Waals surface area contributed by atoms with E-state index in [1.165, 1.54) is 46.9 Å². The Hall–Kier alpha value is -3.20. The highest BCUT2D eigenvalue weighted by molar-refractivity contribution is 6.11. The Morgan fingerprint density at radius 2 is 1.25 bits per heavy atom. The summed E-state index contributed by atoms with van der Waals surface area (Å²) < 4.78 is 54.2. The smallest absolute Gasteiger partial charge is 0.203 e. The third kappa shape index (κ3) is 10.3. The van der Waals surface area contributed by atoms with E-state index >= 15 is 0 Å². The molecule has 10 N–H and O–H groups in total. The molecule has 68 heavy (non-hydrogen) atoms. The standard InChI is InChI=1S/C47H68O21/c1-17-26(65-31-15-46(7,58)44(56)21(5)63-31)12-24-10-23-11-25(42(60-9)41(55)36(50)18(2)48)43(40(54)34(23)39(53)33(24)35(17)49)68-30-14-27(37(51)20(4)62-30)66-29-13-28(38(52)19(3)61-29)67-32-16-47(8,59)45(57)22(6)64-32/h10,12,18-22,25,27-32,36-38,42-45,48-53,56-59H,11,13-16H2,1-9H3/t18-,19-,20-,21-,22-,25?,27?,28-,29+,30+,31+,32+,36+,37-,38+,42+,43+,44-,45-,46+,47+/m1/s1. The zero-order valence-corrected chi connectivity index (χ0v) is 39.6. The molecule has 382 valence electrons. The van der Waals surface area contributed by atoms with Crippen molar-refractivity contribution in [2.75, 3.05) is 7.11 Å². The molecule has 2 aromatic carbocycles. The number of hydrogen-bond donors (Lipinski definition) is 10. The van der Waals surface area contributed by atoms with Crippen LogP contribution in [0, 0.1) is 12.8 Å². The van der Waals surface area contributed by atoms with E-state index in [1.807, 2.05) is 0 Å². The van der Waals surface area contributed by atoms with Crippen LogP contribution in [0.2, 0.25) is 0 Å². The van der Waals surface area contributed by atoms with Crippen molar-refractivity contribution in [3.05, 3.63) is 28.8 Å². The number of benzene rings is 2. The number of fused-ring (bicyclic) bond motifs is 2. The monoisotopic (exact) mass is 968 g/mol. The van der Waals surface area contributed by atoms with Crippen LogP contribution in [-0.2, 0) is 49.1 Å². The van der Waals surface area contributed by atoms with Crippen LogP contribution in [0.4, 0.5) is 0 Å². The summed E-state index contributed by atoms with van der Waals surface area (Å²) in [5.74, 6) is -3.96. The van der Waals surface area contributed by atoms with Gasteiger partial charge < -0.3 is 93.7 Å². The summed E-state index contributed by atoms with van der Waals surface area (Å²) in [4.78, 5) is 28.7. The minimum absolute atomic E-state index is 0.0510. The van der Waals surface area contributed by atoms with Crippen LogP contribution < -0.4 is 4.74 Å². The summed E-state index contributed by atoms with van der Waals surface area (Å²) in [6.45, 7) is 11.9. The number of rotatable bonds is 13. The van der Waals surface area contributed by atoms with Gasteiger partial charge in [-0.15, -0.1) is 0 Å². The van der Waals surface area contributed by atoms with Gasteiger partial charge in [0.1, 0.15) is 60.0 Å². The summed E-state index contributed by atoms with van der Waals surface area (Å²) in [5.41, 5.74) is -2.96. The fourth-order valence-corrected chi connectivity index (χ4v) is 10.2. The molecule has 21 heteroatoms. The van der Waals surface area contributed by atoms with Crippen molar-refractivity contribution in [2.45, 2.75) is 209 Å². The molecule has 0 saturated carbocycles. The first-order valence-corrected chi connectivity index (χ1v) is 23.1. The van der Waals surface area contributed by atoms with Crippen molar-refractivity contribution in [1.29, 1.82) is 0 Å². The van der Waals surface area contributed by atoms with E-state index in [4.69, 9.17) is 42.6 Å². The number of carbonyl (C=O) groups excluding carboxylic acids is 2. The predicted molar refractivity (Wildman–Crippen MR) is 233 cm³/mol. The second-order valence-corrected chi connectivity index (χ2v) is 19.8. The Morgan fingerprint density at radius 1 is 0.750 bits per heavy atom. The molecule has 2 aromatic rings. The van der Waals surface area contributed by atoms with Crippen molar-refractivity contribution < 1.29 is 103 Å². The fraction of sp³-hybridized carbons (Fsp3) is 0.745. The van der Waals surface area contributed by atoms with Gasteiger partial charge in [-0.3, -0.25) is 9.59 Å². The first-order chi connectivity index (χ1) is 31.7. The van der Waals surface area contributed by atoms with Gasteiger partial charge in [0.05, 0.1) is 64.9 Å². The quantitative estimate of drug-likeness (QED) is 0.129. The van der Waals surface area contributed by atoms with Crippen molar-refractivity contribution in [3.8, 4) is 17.2 Å². The lowest BCUT2D eigenvalue weighted by molar-refractivity contribution is -0.334. The molecule has 0 aromatic heterocycles. The van der Waals surface area contributed by atoms with Gasteiger partial charge in [-0.25, -0.2) is 0 Å². The number of aromatic hydroxyl groups is 2. The number of hydrogen-bond acceptors (Lipinski definition) is 21. The highest BCUT2D eigenvalue weighted by Crippen LogP contribution is 2.47. The SMILES string of the molecule is CO[C@H](C(=O)[C@@H](O)[C@@H](C)O)C1Cc2cc3cc(O[C@H]4C[C@](C)(O)[C@H](O)[C@@H](C)O4)c(C)c(O)c3c(O)c2C(=O)[C@H]1O[C@H]1CC(O[C@H]2C[C@@H](O[C@H]3C[C@](C)(O)[C@H](O)[C@@H](C)O3)[C@@H](O)[C@@H](C)O2)[C@H](O)[C@@H](C)O1. The number of aliphatic hydroxyl groups excluding tert-OH is 6. The molecule has 7 rings (SSSR count). The maximum Gasteiger partial charge on any atom is 0.203 e. The molecule has 5 aliphatic rings. The van der Waals surface area contributed by atoms with E-state index in [0.29, 0.717) is 0 Å². The number of ether oxygens (including phenoxy) is 9. The first kappa shape index (κ1) is 52.6. The molecule has 21 atom stereocenters. The van der Waals surface area contributed by atoms with Gasteiger partial charge >= 0.3 is 0 Å². The van der Waals surface area contributed by atoms with Crippen molar-refractivity contribution in [1.82, 2.24) is 0 Å². The Balaban J connectivity index is 1.16. The summed E-state index contributed by atoms with van der Waals surface area (Å²) in [6, 6.07) is 3.03. The highest BCUT2D eigenvalue weighted by atomic mass is 16.7. The fourth-order valence-electron chi connectivity index (χ4n) is 10.2. The second kappa shape index (κ2) is 20.1. The number of phenols is 2. The molecule has 0 radical (unpaired) electrons. The number of ketones is 2. The Kier molecular flexibility index (Phi) is 15.6. The van der Waals surface area contributed by atoms with Crippen LogP contribution in [0.15, 0.2) is 12.1 Å². The molecule has 0 spiro atoms. The Bertz CT molecular complexity index is 2150. The summed E-state index contributed by atoms with van der Waals surface area (Å²) in [7, 11) is 1.19. The number of Topliss-reactive ketones (excluding diaryl/α,β-unsaturated/α-hetero) is 2. The van der Waals surface area contributed by atoms with E-state index in [-0.39, 0.29) is 65.3 Å². The molecule has 2 unspecified atom stereocenters. The third-order valence-electron chi connectivity index (χ3n) is 14.3. The zero-order chi connectivity index (χ0) is 50.1. The average molecular weight is 969 g/mol. The maximum absolute atomic E-state index is 14.9. The lowest BCUT2D eigenvalue weighted by Crippen LogP contribution is -2.58. The van der Waals surface area contributed by atoms with Crippen molar-refractivity contribution in [3.63, 3.8) is 0 Å². The van der Waals surface area contributed by atoms with E-state index < -0.39 is 151 Å². The lowest BCUT2D eigenvalue weighted by atomic mass is 9.75. The number of phenolic OH excluding ortho intramolecular Hbond substituents is 2. The van der Waals surface area contributed by atoms with Gasteiger partial charge in [-0.1, -0.05) is 0 Å². The summed E-state index contributed by atoms with van der Waals surface area (Å²) in [6.07, 6.45) is -21.9. The molecular weight excluding hydrogens is 900 g/mol. The number of methoxy groups -OCH3 is 1. The van der Waals surface area contributed by atoms with Crippen molar-refractivity contribution in [2.24, 2.45) is 5.92 Å². The third-order valence-corrected chi connectivity index (χ3v) is 14.3. The summed E-state index contributed by atoms with van der Waals surface area (Å²) in [5, 5.41) is 109. The van der Waals surface area contributed by atoms with Crippen LogP contribution in [-0.4, -0.2) is 192 Å². The van der Waals surface area contributed by atoms with E-state index in [9.17, 15) is 60.7 Å².